The quantitative estimate of drug-likeness (QED) is 0.761. The first-order valence-corrected chi connectivity index (χ1v) is 8.41. The van der Waals surface area contributed by atoms with Gasteiger partial charge in [-0.3, -0.25) is 4.79 Å². The zero-order chi connectivity index (χ0) is 17.4. The lowest BCUT2D eigenvalue weighted by Crippen LogP contribution is -2.27. The van der Waals surface area contributed by atoms with Gasteiger partial charge in [0.05, 0.1) is 16.4 Å². The summed E-state index contributed by atoms with van der Waals surface area (Å²) in [5.74, 6) is -0.538. The summed E-state index contributed by atoms with van der Waals surface area (Å²) in [6.07, 6.45) is 1.99. The monoisotopic (exact) mass is 355 g/mol. The molecule has 0 bridgehead atoms. The van der Waals surface area contributed by atoms with Gasteiger partial charge in [0.25, 0.3) is 5.91 Å². The first-order chi connectivity index (χ1) is 12.1. The Labute approximate surface area is 149 Å². The predicted molar refractivity (Wildman–Crippen MR) is 94.5 cm³/mol. The molecule has 6 heteroatoms. The Hall–Kier alpha value is -2.66. The van der Waals surface area contributed by atoms with Crippen molar-refractivity contribution in [2.75, 3.05) is 0 Å². The van der Waals surface area contributed by atoms with Crippen molar-refractivity contribution in [2.24, 2.45) is 0 Å². The highest BCUT2D eigenvalue weighted by Crippen LogP contribution is 2.29. The fourth-order valence-corrected chi connectivity index (χ4v) is 2.84. The van der Waals surface area contributed by atoms with Crippen LogP contribution in [0.25, 0.3) is 16.9 Å². The lowest BCUT2D eigenvalue weighted by Gasteiger charge is -2.07. The van der Waals surface area contributed by atoms with Gasteiger partial charge in [-0.1, -0.05) is 29.8 Å². The van der Waals surface area contributed by atoms with Crippen LogP contribution in [0.4, 0.5) is 4.39 Å². The van der Waals surface area contributed by atoms with Crippen molar-refractivity contribution >= 4 is 17.5 Å². The molecule has 1 saturated carbocycles. The maximum absolute atomic E-state index is 13.2. The third-order valence-corrected chi connectivity index (χ3v) is 4.41. The van der Waals surface area contributed by atoms with E-state index in [0.717, 1.165) is 18.4 Å². The van der Waals surface area contributed by atoms with Gasteiger partial charge < -0.3 is 5.32 Å². The van der Waals surface area contributed by atoms with Gasteiger partial charge in [-0.25, -0.2) is 9.07 Å². The molecule has 1 fully saturated rings. The molecule has 0 aliphatic heterocycles. The summed E-state index contributed by atoms with van der Waals surface area (Å²) in [4.78, 5) is 12.6. The minimum atomic E-state index is -0.341. The summed E-state index contributed by atoms with van der Waals surface area (Å²) in [5, 5.41) is 8.06. The molecule has 1 amide bonds. The van der Waals surface area contributed by atoms with E-state index in [1.807, 2.05) is 18.2 Å². The Balaban J connectivity index is 1.81. The van der Waals surface area contributed by atoms with Gasteiger partial charge in [-0.15, -0.1) is 0 Å². The third kappa shape index (κ3) is 3.28. The second-order valence-electron chi connectivity index (χ2n) is 6.03. The maximum Gasteiger partial charge on any atom is 0.270 e. The van der Waals surface area contributed by atoms with Crippen molar-refractivity contribution in [1.82, 2.24) is 15.1 Å². The molecule has 4 rings (SSSR count). The molecule has 4 nitrogen and oxygen atoms in total. The largest absolute Gasteiger partial charge is 0.348 e. The number of nitrogens with zero attached hydrogens (tertiary/aromatic N) is 2. The van der Waals surface area contributed by atoms with Crippen molar-refractivity contribution in [3.05, 3.63) is 71.1 Å². The summed E-state index contributed by atoms with van der Waals surface area (Å²) in [6, 6.07) is 15.1. The summed E-state index contributed by atoms with van der Waals surface area (Å²) in [7, 11) is 0. The fraction of sp³-hybridized carbons (Fsp3) is 0.158. The van der Waals surface area contributed by atoms with Crippen molar-refractivity contribution in [3.8, 4) is 16.9 Å². The molecule has 126 valence electrons. The molecule has 1 aromatic heterocycles. The lowest BCUT2D eigenvalue weighted by molar-refractivity contribution is 0.0943. The summed E-state index contributed by atoms with van der Waals surface area (Å²) in [6.45, 7) is 0. The standard InChI is InChI=1S/C19H15ClFN3O/c20-16-4-2-1-3-15(16)17-11-18(19(25)22-13-7-8-13)24(23-17)14-9-5-12(21)6-10-14/h1-6,9-11,13H,7-8H2,(H,22,25). The number of carbonyl (C=O) groups excluding carboxylic acids is 1. The molecule has 0 atom stereocenters. The number of benzene rings is 2. The zero-order valence-electron chi connectivity index (χ0n) is 13.2. The van der Waals surface area contributed by atoms with E-state index >= 15 is 0 Å². The Bertz CT molecular complexity index is 932. The molecule has 0 unspecified atom stereocenters. The first-order valence-electron chi connectivity index (χ1n) is 8.03. The fourth-order valence-electron chi connectivity index (χ4n) is 2.61. The minimum Gasteiger partial charge on any atom is -0.348 e. The van der Waals surface area contributed by atoms with Gasteiger partial charge in [0.15, 0.2) is 0 Å². The number of amides is 1. The summed E-state index contributed by atoms with van der Waals surface area (Å²) < 4.78 is 14.8. The average Bonchev–Trinajstić information content (AvgIpc) is 3.31. The van der Waals surface area contributed by atoms with E-state index in [0.29, 0.717) is 22.1 Å². The highest BCUT2D eigenvalue weighted by molar-refractivity contribution is 6.33. The van der Waals surface area contributed by atoms with E-state index in [1.165, 1.54) is 16.8 Å². The minimum absolute atomic E-state index is 0.197. The molecule has 1 N–H and O–H groups in total. The molecule has 3 aromatic rings. The van der Waals surface area contributed by atoms with Gasteiger partial charge in [-0.2, -0.15) is 5.10 Å². The van der Waals surface area contributed by atoms with E-state index in [2.05, 4.69) is 10.4 Å². The number of nitrogens with one attached hydrogen (secondary N) is 1. The number of hydrogen-bond donors (Lipinski definition) is 1. The molecular weight excluding hydrogens is 341 g/mol. The van der Waals surface area contributed by atoms with Crippen LogP contribution in [0.3, 0.4) is 0 Å². The normalized spacial score (nSPS) is 13.7. The highest BCUT2D eigenvalue weighted by atomic mass is 35.5. The predicted octanol–water partition coefficient (Wildman–Crippen LogP) is 4.22. The van der Waals surface area contributed by atoms with Crippen LogP contribution in [0, 0.1) is 5.82 Å². The second-order valence-corrected chi connectivity index (χ2v) is 6.44. The number of carbonyl (C=O) groups is 1. The molecule has 1 aliphatic rings. The van der Waals surface area contributed by atoms with Gasteiger partial charge in [0.1, 0.15) is 11.5 Å². The molecule has 0 radical (unpaired) electrons. The Morgan fingerprint density at radius 1 is 1.16 bits per heavy atom. The highest BCUT2D eigenvalue weighted by Gasteiger charge is 2.26. The van der Waals surface area contributed by atoms with Crippen LogP contribution in [0.1, 0.15) is 23.3 Å². The SMILES string of the molecule is O=C(NC1CC1)c1cc(-c2ccccc2Cl)nn1-c1ccc(F)cc1. The molecule has 0 spiro atoms. The van der Waals surface area contributed by atoms with Gasteiger partial charge in [0, 0.05) is 11.6 Å². The maximum atomic E-state index is 13.2. The van der Waals surface area contributed by atoms with Crippen LogP contribution >= 0.6 is 11.6 Å². The summed E-state index contributed by atoms with van der Waals surface area (Å²) >= 11 is 6.26. The van der Waals surface area contributed by atoms with E-state index < -0.39 is 0 Å². The second kappa shape index (κ2) is 6.33. The first kappa shape index (κ1) is 15.8. The van der Waals surface area contributed by atoms with Gasteiger partial charge >= 0.3 is 0 Å². The lowest BCUT2D eigenvalue weighted by atomic mass is 10.1. The average molecular weight is 356 g/mol. The number of rotatable bonds is 4. The smallest absolute Gasteiger partial charge is 0.270 e. The molecule has 1 aliphatic carbocycles. The van der Waals surface area contributed by atoms with Crippen molar-refractivity contribution < 1.29 is 9.18 Å². The van der Waals surface area contributed by atoms with Crippen molar-refractivity contribution in [3.63, 3.8) is 0 Å². The van der Waals surface area contributed by atoms with Gasteiger partial charge in [-0.05, 0) is 49.2 Å². The Kier molecular flexibility index (Phi) is 4.01. The Morgan fingerprint density at radius 3 is 2.56 bits per heavy atom. The third-order valence-electron chi connectivity index (χ3n) is 4.08. The number of aromatic nitrogens is 2. The van der Waals surface area contributed by atoms with E-state index in [1.54, 1.807) is 24.3 Å². The topological polar surface area (TPSA) is 46.9 Å². The number of hydrogen-bond acceptors (Lipinski definition) is 2. The number of halogens is 2. The molecule has 25 heavy (non-hydrogen) atoms. The van der Waals surface area contributed by atoms with Crippen LogP contribution < -0.4 is 5.32 Å². The molecule has 1 heterocycles. The van der Waals surface area contributed by atoms with Crippen LogP contribution in [0.15, 0.2) is 54.6 Å². The van der Waals surface area contributed by atoms with E-state index in [-0.39, 0.29) is 17.8 Å². The zero-order valence-corrected chi connectivity index (χ0v) is 14.0. The Morgan fingerprint density at radius 2 is 1.88 bits per heavy atom. The van der Waals surface area contributed by atoms with E-state index in [4.69, 9.17) is 11.6 Å². The van der Waals surface area contributed by atoms with Crippen LogP contribution in [0.5, 0.6) is 0 Å². The van der Waals surface area contributed by atoms with E-state index in [9.17, 15) is 9.18 Å². The van der Waals surface area contributed by atoms with Crippen LogP contribution in [0.2, 0.25) is 5.02 Å². The van der Waals surface area contributed by atoms with Crippen molar-refractivity contribution in [2.45, 2.75) is 18.9 Å². The van der Waals surface area contributed by atoms with Crippen LogP contribution in [-0.2, 0) is 0 Å². The van der Waals surface area contributed by atoms with Crippen LogP contribution in [-0.4, -0.2) is 21.7 Å². The van der Waals surface area contributed by atoms with Gasteiger partial charge in [0.2, 0.25) is 0 Å². The summed E-state index contributed by atoms with van der Waals surface area (Å²) in [5.41, 5.74) is 2.34. The molecule has 0 saturated heterocycles. The molecular formula is C19H15ClFN3O. The van der Waals surface area contributed by atoms with Crippen molar-refractivity contribution in [1.29, 1.82) is 0 Å². The molecule has 2 aromatic carbocycles.